The molecular formula is C18H26N2O. The summed E-state index contributed by atoms with van der Waals surface area (Å²) < 4.78 is 0. The van der Waals surface area contributed by atoms with Crippen molar-refractivity contribution in [2.24, 2.45) is 11.8 Å². The largest absolute Gasteiger partial charge is 0.322 e. The van der Waals surface area contributed by atoms with Gasteiger partial charge in [0.2, 0.25) is 5.91 Å². The molecule has 2 fully saturated rings. The fourth-order valence-electron chi connectivity index (χ4n) is 3.97. The highest BCUT2D eigenvalue weighted by Gasteiger charge is 2.46. The summed E-state index contributed by atoms with van der Waals surface area (Å²) >= 11 is 0. The van der Waals surface area contributed by atoms with Gasteiger partial charge in [-0.25, -0.2) is 0 Å². The van der Waals surface area contributed by atoms with Crippen LogP contribution in [0.25, 0.3) is 0 Å². The lowest BCUT2D eigenvalue weighted by atomic mass is 9.96. The molecule has 5 atom stereocenters. The van der Waals surface area contributed by atoms with Crippen LogP contribution in [0.4, 0.5) is 0 Å². The Morgan fingerprint density at radius 2 is 1.90 bits per heavy atom. The van der Waals surface area contributed by atoms with Crippen molar-refractivity contribution in [3.05, 3.63) is 35.9 Å². The Hall–Kier alpha value is -1.35. The third-order valence-corrected chi connectivity index (χ3v) is 5.50. The summed E-state index contributed by atoms with van der Waals surface area (Å²) in [5.74, 6) is 1.58. The van der Waals surface area contributed by atoms with Crippen molar-refractivity contribution in [2.75, 3.05) is 0 Å². The Labute approximate surface area is 127 Å². The van der Waals surface area contributed by atoms with E-state index in [0.29, 0.717) is 12.0 Å². The van der Waals surface area contributed by atoms with Crippen molar-refractivity contribution >= 4 is 5.91 Å². The minimum absolute atomic E-state index is 0.167. The second-order valence-corrected chi connectivity index (χ2v) is 6.66. The maximum atomic E-state index is 13.0. The molecule has 1 heterocycles. The second kappa shape index (κ2) is 5.80. The molecule has 1 aromatic carbocycles. The zero-order valence-electron chi connectivity index (χ0n) is 13.3. The van der Waals surface area contributed by atoms with Crippen LogP contribution in [0.15, 0.2) is 30.3 Å². The molecule has 1 aromatic rings. The third kappa shape index (κ3) is 2.48. The van der Waals surface area contributed by atoms with Crippen LogP contribution in [0.2, 0.25) is 0 Å². The van der Waals surface area contributed by atoms with Crippen LogP contribution in [-0.2, 0) is 4.79 Å². The quantitative estimate of drug-likeness (QED) is 0.924. The number of carbonyl (C=O) groups is 1. The van der Waals surface area contributed by atoms with Gasteiger partial charge in [-0.05, 0) is 36.7 Å². The van der Waals surface area contributed by atoms with Gasteiger partial charge in [0.15, 0.2) is 0 Å². The summed E-state index contributed by atoms with van der Waals surface area (Å²) in [4.78, 5) is 15.1. The van der Waals surface area contributed by atoms with Gasteiger partial charge in [0.05, 0.1) is 6.17 Å². The highest BCUT2D eigenvalue weighted by molar-refractivity contribution is 5.86. The molecule has 1 N–H and O–H groups in total. The molecule has 0 aromatic heterocycles. The topological polar surface area (TPSA) is 32.3 Å². The number of hydrogen-bond donors (Lipinski definition) is 1. The first-order valence-electron chi connectivity index (χ1n) is 8.26. The van der Waals surface area contributed by atoms with Gasteiger partial charge in [-0.3, -0.25) is 10.1 Å². The average molecular weight is 286 g/mol. The molecule has 0 radical (unpaired) electrons. The minimum atomic E-state index is -0.167. The Morgan fingerprint density at radius 3 is 2.48 bits per heavy atom. The van der Waals surface area contributed by atoms with E-state index in [0.717, 1.165) is 24.3 Å². The first-order valence-corrected chi connectivity index (χ1v) is 8.26. The van der Waals surface area contributed by atoms with Crippen LogP contribution in [0.1, 0.15) is 51.6 Å². The van der Waals surface area contributed by atoms with Gasteiger partial charge in [0, 0.05) is 6.04 Å². The van der Waals surface area contributed by atoms with E-state index in [4.69, 9.17) is 0 Å². The van der Waals surface area contributed by atoms with Crippen molar-refractivity contribution in [3.8, 4) is 0 Å². The molecule has 1 aliphatic heterocycles. The number of benzene rings is 1. The highest BCUT2D eigenvalue weighted by Crippen LogP contribution is 2.39. The van der Waals surface area contributed by atoms with E-state index < -0.39 is 0 Å². The molecule has 1 aliphatic carbocycles. The van der Waals surface area contributed by atoms with Crippen molar-refractivity contribution in [1.82, 2.24) is 10.2 Å². The van der Waals surface area contributed by atoms with E-state index in [1.165, 1.54) is 6.42 Å². The molecule has 1 saturated heterocycles. The molecule has 21 heavy (non-hydrogen) atoms. The summed E-state index contributed by atoms with van der Waals surface area (Å²) in [6, 6.07) is 10.3. The zero-order chi connectivity index (χ0) is 15.0. The van der Waals surface area contributed by atoms with Crippen LogP contribution in [0.3, 0.4) is 0 Å². The van der Waals surface area contributed by atoms with Gasteiger partial charge in [0.25, 0.3) is 0 Å². The summed E-state index contributed by atoms with van der Waals surface area (Å²) in [6.07, 6.45) is 3.53. The normalized spacial score (nSPS) is 36.4. The Kier molecular flexibility index (Phi) is 4.03. The molecular weight excluding hydrogens is 260 g/mol. The molecule has 3 rings (SSSR count). The van der Waals surface area contributed by atoms with Crippen molar-refractivity contribution < 1.29 is 4.79 Å². The molecule has 1 amide bonds. The van der Waals surface area contributed by atoms with E-state index >= 15 is 0 Å². The molecule has 1 saturated carbocycles. The molecule has 2 aliphatic rings. The van der Waals surface area contributed by atoms with Gasteiger partial charge >= 0.3 is 0 Å². The van der Waals surface area contributed by atoms with E-state index in [-0.39, 0.29) is 18.1 Å². The van der Waals surface area contributed by atoms with Crippen LogP contribution in [-0.4, -0.2) is 23.0 Å². The molecule has 5 unspecified atom stereocenters. The molecule has 114 valence electrons. The first kappa shape index (κ1) is 14.6. The molecule has 0 spiro atoms. The first-order chi connectivity index (χ1) is 10.1. The number of nitrogens with zero attached hydrogens (tertiary/aromatic N) is 1. The third-order valence-electron chi connectivity index (χ3n) is 5.50. The van der Waals surface area contributed by atoms with Gasteiger partial charge in [-0.2, -0.15) is 0 Å². The molecule has 3 nitrogen and oxygen atoms in total. The maximum Gasteiger partial charge on any atom is 0.245 e. The lowest BCUT2D eigenvalue weighted by molar-refractivity contribution is -0.133. The van der Waals surface area contributed by atoms with Crippen molar-refractivity contribution in [3.63, 3.8) is 0 Å². The predicted molar refractivity (Wildman–Crippen MR) is 84.6 cm³/mol. The van der Waals surface area contributed by atoms with Crippen molar-refractivity contribution in [1.29, 1.82) is 0 Å². The van der Waals surface area contributed by atoms with Gasteiger partial charge in [0.1, 0.15) is 6.04 Å². The SMILES string of the molecule is CCC1NC(c2ccccc2)C(=O)N1C1CCC(C)C1C. The van der Waals surface area contributed by atoms with Gasteiger partial charge < -0.3 is 4.90 Å². The number of nitrogens with one attached hydrogen (secondary N) is 1. The van der Waals surface area contributed by atoms with E-state index in [1.807, 2.05) is 30.3 Å². The monoisotopic (exact) mass is 286 g/mol. The van der Waals surface area contributed by atoms with E-state index in [9.17, 15) is 4.79 Å². The smallest absolute Gasteiger partial charge is 0.245 e. The summed E-state index contributed by atoms with van der Waals surface area (Å²) in [7, 11) is 0. The fraction of sp³-hybridized carbons (Fsp3) is 0.611. The number of carbonyl (C=O) groups excluding carboxylic acids is 1. The lowest BCUT2D eigenvalue weighted by Crippen LogP contribution is -2.46. The molecule has 3 heteroatoms. The lowest BCUT2D eigenvalue weighted by Gasteiger charge is -2.33. The average Bonchev–Trinajstić information content (AvgIpc) is 3.01. The van der Waals surface area contributed by atoms with E-state index in [2.05, 4.69) is 31.0 Å². The predicted octanol–water partition coefficient (Wildman–Crippen LogP) is 3.33. The van der Waals surface area contributed by atoms with Crippen LogP contribution < -0.4 is 5.32 Å². The standard InChI is InChI=1S/C18H26N2O/c1-4-16-19-17(14-8-6-5-7-9-14)18(21)20(16)15-11-10-12(2)13(15)3/h5-9,12-13,15-17,19H,4,10-11H2,1-3H3. The number of hydrogen-bond acceptors (Lipinski definition) is 2. The second-order valence-electron chi connectivity index (χ2n) is 6.66. The van der Waals surface area contributed by atoms with Gasteiger partial charge in [-0.1, -0.05) is 51.1 Å². The van der Waals surface area contributed by atoms with Crippen LogP contribution >= 0.6 is 0 Å². The number of rotatable bonds is 3. The highest BCUT2D eigenvalue weighted by atomic mass is 16.2. The maximum absolute atomic E-state index is 13.0. The van der Waals surface area contributed by atoms with Crippen molar-refractivity contribution in [2.45, 2.75) is 58.3 Å². The Bertz CT molecular complexity index is 501. The summed E-state index contributed by atoms with van der Waals surface area (Å²) in [5, 5.41) is 3.55. The van der Waals surface area contributed by atoms with E-state index in [1.54, 1.807) is 0 Å². The minimum Gasteiger partial charge on any atom is -0.322 e. The Balaban J connectivity index is 1.85. The Morgan fingerprint density at radius 1 is 1.19 bits per heavy atom. The molecule has 0 bridgehead atoms. The van der Waals surface area contributed by atoms with Crippen LogP contribution in [0, 0.1) is 11.8 Å². The van der Waals surface area contributed by atoms with Gasteiger partial charge in [-0.15, -0.1) is 0 Å². The fourth-order valence-corrected chi connectivity index (χ4v) is 3.97. The summed E-state index contributed by atoms with van der Waals surface area (Å²) in [5.41, 5.74) is 1.09. The van der Waals surface area contributed by atoms with Crippen LogP contribution in [0.5, 0.6) is 0 Å². The number of amides is 1. The zero-order valence-corrected chi connectivity index (χ0v) is 13.3. The summed E-state index contributed by atoms with van der Waals surface area (Å²) in [6.45, 7) is 6.78.